The third-order valence-corrected chi connectivity index (χ3v) is 6.79. The van der Waals surface area contributed by atoms with Gasteiger partial charge in [0.25, 0.3) is 0 Å². The molecule has 1 N–H and O–H groups in total. The molecule has 0 saturated heterocycles. The minimum absolute atomic E-state index is 0.280. The summed E-state index contributed by atoms with van der Waals surface area (Å²) >= 11 is 4.50. The molecule has 0 unspecified atom stereocenters. The second kappa shape index (κ2) is 6.34. The lowest BCUT2D eigenvalue weighted by Crippen LogP contribution is -2.25. The predicted molar refractivity (Wildman–Crippen MR) is 82.0 cm³/mol. The largest absolute Gasteiger partial charge is 0.250 e. The van der Waals surface area contributed by atoms with Crippen molar-refractivity contribution in [2.75, 3.05) is 6.54 Å². The average molecular weight is 378 g/mol. The van der Waals surface area contributed by atoms with Crippen LogP contribution in [-0.4, -0.2) is 15.0 Å². The fraction of sp³-hybridized carbons (Fsp3) is 0.231. The summed E-state index contributed by atoms with van der Waals surface area (Å²) < 4.78 is 40.5. The minimum atomic E-state index is -3.48. The molecule has 1 aromatic heterocycles. The van der Waals surface area contributed by atoms with Gasteiger partial charge in [-0.15, -0.1) is 11.3 Å². The Morgan fingerprint density at radius 2 is 1.95 bits per heavy atom. The van der Waals surface area contributed by atoms with Crippen molar-refractivity contribution in [3.63, 3.8) is 0 Å². The standard InChI is InChI=1S/C13H13BrFNO2S2/c1-9-8-12(19-13(9)14)20(17,18)16-7-6-10-2-4-11(15)5-3-10/h2-5,8,16H,6-7H2,1H3. The van der Waals surface area contributed by atoms with Crippen molar-refractivity contribution >= 4 is 37.3 Å². The Labute approximate surface area is 130 Å². The molecule has 0 aliphatic carbocycles. The highest BCUT2D eigenvalue weighted by molar-refractivity contribution is 9.11. The Kier molecular flexibility index (Phi) is 4.95. The molecule has 0 atom stereocenters. The van der Waals surface area contributed by atoms with Gasteiger partial charge < -0.3 is 0 Å². The van der Waals surface area contributed by atoms with Crippen LogP contribution < -0.4 is 4.72 Å². The summed E-state index contributed by atoms with van der Waals surface area (Å²) in [7, 11) is -3.48. The van der Waals surface area contributed by atoms with E-state index in [0.717, 1.165) is 14.9 Å². The summed E-state index contributed by atoms with van der Waals surface area (Å²) in [6.07, 6.45) is 0.519. The lowest BCUT2D eigenvalue weighted by Gasteiger charge is -2.04. The van der Waals surface area contributed by atoms with Crippen LogP contribution in [0.3, 0.4) is 0 Å². The molecular formula is C13H13BrFNO2S2. The van der Waals surface area contributed by atoms with Gasteiger partial charge in [-0.1, -0.05) is 12.1 Å². The van der Waals surface area contributed by atoms with Gasteiger partial charge in [-0.2, -0.15) is 0 Å². The summed E-state index contributed by atoms with van der Waals surface area (Å²) in [6, 6.07) is 7.66. The zero-order valence-electron chi connectivity index (χ0n) is 10.7. The average Bonchev–Trinajstić information content (AvgIpc) is 2.73. The molecule has 108 valence electrons. The van der Waals surface area contributed by atoms with E-state index in [9.17, 15) is 12.8 Å². The van der Waals surface area contributed by atoms with E-state index in [1.807, 2.05) is 6.92 Å². The van der Waals surface area contributed by atoms with Crippen LogP contribution in [0.25, 0.3) is 0 Å². The molecule has 0 spiro atoms. The summed E-state index contributed by atoms with van der Waals surface area (Å²) in [5, 5.41) is 0. The quantitative estimate of drug-likeness (QED) is 0.866. The van der Waals surface area contributed by atoms with Crippen molar-refractivity contribution in [3.8, 4) is 0 Å². The number of nitrogens with one attached hydrogen (secondary N) is 1. The van der Waals surface area contributed by atoms with Crippen LogP contribution in [0.15, 0.2) is 38.3 Å². The molecule has 1 heterocycles. The molecular weight excluding hydrogens is 365 g/mol. The molecule has 2 aromatic rings. The molecule has 7 heteroatoms. The van der Waals surface area contributed by atoms with Gasteiger partial charge in [0, 0.05) is 6.54 Å². The molecule has 0 saturated carbocycles. The minimum Gasteiger partial charge on any atom is -0.210 e. The first-order chi connectivity index (χ1) is 9.38. The molecule has 0 amide bonds. The number of halogens is 2. The smallest absolute Gasteiger partial charge is 0.210 e. The molecule has 3 nitrogen and oxygen atoms in total. The zero-order chi connectivity index (χ0) is 14.8. The second-order valence-corrected chi connectivity index (χ2v) is 8.66. The maximum absolute atomic E-state index is 12.7. The maximum atomic E-state index is 12.7. The first kappa shape index (κ1) is 15.6. The number of thiophene rings is 1. The molecule has 2 rings (SSSR count). The van der Waals surface area contributed by atoms with E-state index < -0.39 is 10.0 Å². The highest BCUT2D eigenvalue weighted by atomic mass is 79.9. The van der Waals surface area contributed by atoms with E-state index in [-0.39, 0.29) is 12.4 Å². The Bertz CT molecular complexity index is 676. The van der Waals surface area contributed by atoms with E-state index in [1.165, 1.54) is 23.5 Å². The van der Waals surface area contributed by atoms with Crippen LogP contribution in [0.4, 0.5) is 4.39 Å². The van der Waals surface area contributed by atoms with E-state index >= 15 is 0 Å². The number of aryl methyl sites for hydroxylation is 1. The van der Waals surface area contributed by atoms with E-state index in [1.54, 1.807) is 18.2 Å². The van der Waals surface area contributed by atoms with Crippen LogP contribution in [0.2, 0.25) is 0 Å². The SMILES string of the molecule is Cc1cc(S(=O)(=O)NCCc2ccc(F)cc2)sc1Br. The number of hydrogen-bond acceptors (Lipinski definition) is 3. The topological polar surface area (TPSA) is 46.2 Å². The van der Waals surface area contributed by atoms with Crippen molar-refractivity contribution < 1.29 is 12.8 Å². The van der Waals surface area contributed by atoms with Crippen LogP contribution in [0.1, 0.15) is 11.1 Å². The molecule has 0 aliphatic heterocycles. The molecule has 0 aliphatic rings. The number of rotatable bonds is 5. The van der Waals surface area contributed by atoms with Gasteiger partial charge in [-0.3, -0.25) is 0 Å². The summed E-state index contributed by atoms with van der Waals surface area (Å²) in [6.45, 7) is 2.13. The molecule has 0 radical (unpaired) electrons. The van der Waals surface area contributed by atoms with Gasteiger partial charge >= 0.3 is 0 Å². The highest BCUT2D eigenvalue weighted by Gasteiger charge is 2.17. The van der Waals surface area contributed by atoms with Crippen molar-refractivity contribution in [1.82, 2.24) is 4.72 Å². The fourth-order valence-corrected chi connectivity index (χ4v) is 4.92. The Hall–Kier alpha value is -0.760. The third-order valence-electron chi connectivity index (χ3n) is 2.72. The number of hydrogen-bond donors (Lipinski definition) is 1. The summed E-state index contributed by atoms with van der Waals surface area (Å²) in [5.74, 6) is -0.298. The third kappa shape index (κ3) is 3.88. The highest BCUT2D eigenvalue weighted by Crippen LogP contribution is 2.30. The van der Waals surface area contributed by atoms with Crippen molar-refractivity contribution in [2.45, 2.75) is 17.6 Å². The first-order valence-corrected chi connectivity index (χ1v) is 8.98. The molecule has 1 aromatic carbocycles. The van der Waals surface area contributed by atoms with Crippen molar-refractivity contribution in [1.29, 1.82) is 0 Å². The summed E-state index contributed by atoms with van der Waals surface area (Å²) in [4.78, 5) is 0. The van der Waals surface area contributed by atoms with Gasteiger partial charge in [0.2, 0.25) is 10.0 Å². The maximum Gasteiger partial charge on any atom is 0.250 e. The lowest BCUT2D eigenvalue weighted by atomic mass is 10.1. The van der Waals surface area contributed by atoms with Gasteiger partial charge in [-0.05, 0) is 58.6 Å². The van der Waals surface area contributed by atoms with Crippen LogP contribution in [-0.2, 0) is 16.4 Å². The van der Waals surface area contributed by atoms with Crippen LogP contribution in [0.5, 0.6) is 0 Å². The second-order valence-electron chi connectivity index (χ2n) is 4.30. The zero-order valence-corrected chi connectivity index (χ0v) is 13.9. The van der Waals surface area contributed by atoms with Gasteiger partial charge in [0.1, 0.15) is 10.0 Å². The first-order valence-electron chi connectivity index (χ1n) is 5.88. The van der Waals surface area contributed by atoms with Gasteiger partial charge in [0.15, 0.2) is 0 Å². The monoisotopic (exact) mass is 377 g/mol. The molecule has 0 bridgehead atoms. The Morgan fingerprint density at radius 1 is 1.30 bits per heavy atom. The van der Waals surface area contributed by atoms with E-state index in [2.05, 4.69) is 20.7 Å². The van der Waals surface area contributed by atoms with Gasteiger partial charge in [0.05, 0.1) is 3.79 Å². The van der Waals surface area contributed by atoms with E-state index in [0.29, 0.717) is 10.6 Å². The lowest BCUT2D eigenvalue weighted by molar-refractivity contribution is 0.583. The number of benzene rings is 1. The summed E-state index contributed by atoms with van der Waals surface area (Å²) in [5.41, 5.74) is 1.78. The van der Waals surface area contributed by atoms with Crippen molar-refractivity contribution in [2.24, 2.45) is 0 Å². The van der Waals surface area contributed by atoms with Crippen LogP contribution >= 0.6 is 27.3 Å². The Morgan fingerprint density at radius 3 is 2.50 bits per heavy atom. The van der Waals surface area contributed by atoms with E-state index in [4.69, 9.17) is 0 Å². The Balaban J connectivity index is 1.97. The number of sulfonamides is 1. The molecule has 20 heavy (non-hydrogen) atoms. The van der Waals surface area contributed by atoms with Gasteiger partial charge in [-0.25, -0.2) is 17.5 Å². The molecule has 0 fully saturated rings. The van der Waals surface area contributed by atoms with Crippen molar-refractivity contribution in [3.05, 3.63) is 51.1 Å². The predicted octanol–water partition coefficient (Wildman–Crippen LogP) is 3.48. The normalized spacial score (nSPS) is 11.8. The van der Waals surface area contributed by atoms with Crippen LogP contribution in [0, 0.1) is 12.7 Å². The fourth-order valence-electron chi connectivity index (χ4n) is 1.62.